The van der Waals surface area contributed by atoms with Gasteiger partial charge in [-0.15, -0.1) is 0 Å². The second-order valence-corrected chi connectivity index (χ2v) is 11.9. The maximum absolute atomic E-state index is 13.9. The molecule has 2 fully saturated rings. The zero-order valence-electron chi connectivity index (χ0n) is 22.3. The Morgan fingerprint density at radius 3 is 2.10 bits per heavy atom. The number of hydrogen-bond donors (Lipinski definition) is 1. The molecule has 0 aliphatic carbocycles. The van der Waals surface area contributed by atoms with Crippen molar-refractivity contribution in [2.24, 2.45) is 5.73 Å². The van der Waals surface area contributed by atoms with Crippen LogP contribution in [-0.2, 0) is 15.6 Å². The molecule has 3 aromatic carbocycles. The number of piperidine rings is 1. The van der Waals surface area contributed by atoms with E-state index in [0.29, 0.717) is 61.9 Å². The van der Waals surface area contributed by atoms with Crippen LogP contribution in [0.1, 0.15) is 47.2 Å². The van der Waals surface area contributed by atoms with E-state index in [9.17, 15) is 22.8 Å². The Bertz CT molecular complexity index is 1440. The van der Waals surface area contributed by atoms with Gasteiger partial charge in [0, 0.05) is 24.1 Å². The van der Waals surface area contributed by atoms with Gasteiger partial charge >= 0.3 is 0 Å². The van der Waals surface area contributed by atoms with Crippen LogP contribution in [0, 0.1) is 17.5 Å². The van der Waals surface area contributed by atoms with Crippen molar-refractivity contribution in [3.05, 3.63) is 105 Å². The van der Waals surface area contributed by atoms with Crippen LogP contribution in [0.4, 0.5) is 13.2 Å². The van der Waals surface area contributed by atoms with Crippen molar-refractivity contribution in [2.75, 3.05) is 32.7 Å². The second-order valence-electron chi connectivity index (χ2n) is 11.0. The molecule has 0 aromatic heterocycles. The van der Waals surface area contributed by atoms with Crippen LogP contribution in [0.3, 0.4) is 0 Å². The predicted octanol–water partition coefficient (Wildman–Crippen LogP) is 6.10. The Morgan fingerprint density at radius 1 is 0.829 bits per heavy atom. The van der Waals surface area contributed by atoms with Gasteiger partial charge in [0.2, 0.25) is 5.91 Å². The highest BCUT2D eigenvalue weighted by Gasteiger charge is 2.44. The number of hydrogen-bond acceptors (Lipinski definition) is 3. The molecule has 3 aromatic rings. The van der Waals surface area contributed by atoms with Crippen molar-refractivity contribution in [1.82, 2.24) is 9.80 Å². The molecule has 2 aliphatic rings. The molecular weight excluding hydrogens is 574 g/mol. The summed E-state index contributed by atoms with van der Waals surface area (Å²) in [5.41, 5.74) is 6.29. The number of nitrogens with two attached hydrogens (primary N) is 1. The molecule has 2 aliphatic heterocycles. The highest BCUT2D eigenvalue weighted by atomic mass is 35.5. The van der Waals surface area contributed by atoms with Crippen molar-refractivity contribution in [3.63, 3.8) is 0 Å². The highest BCUT2D eigenvalue weighted by Crippen LogP contribution is 2.42. The van der Waals surface area contributed by atoms with E-state index in [-0.39, 0.29) is 18.0 Å². The Hall–Kier alpha value is -3.07. The Balaban J connectivity index is 1.35. The first-order chi connectivity index (χ1) is 19.5. The summed E-state index contributed by atoms with van der Waals surface area (Å²) < 4.78 is 41.3. The molecule has 41 heavy (non-hydrogen) atoms. The van der Waals surface area contributed by atoms with Gasteiger partial charge < -0.3 is 15.5 Å². The zero-order chi connectivity index (χ0) is 29.4. The van der Waals surface area contributed by atoms with Crippen molar-refractivity contribution < 1.29 is 22.8 Å². The quantitative estimate of drug-likeness (QED) is 0.332. The summed E-state index contributed by atoms with van der Waals surface area (Å²) >= 11 is 12.6. The van der Waals surface area contributed by atoms with Crippen molar-refractivity contribution in [2.45, 2.75) is 36.5 Å². The third kappa shape index (κ3) is 5.70. The molecule has 2 saturated heterocycles. The lowest BCUT2D eigenvalue weighted by atomic mass is 9.71. The van der Waals surface area contributed by atoms with E-state index in [1.807, 2.05) is 36.4 Å². The predicted molar refractivity (Wildman–Crippen MR) is 153 cm³/mol. The van der Waals surface area contributed by atoms with Crippen LogP contribution in [0.15, 0.2) is 60.7 Å². The zero-order valence-corrected chi connectivity index (χ0v) is 23.8. The minimum absolute atomic E-state index is 0.244. The topological polar surface area (TPSA) is 66.6 Å². The molecule has 1 unspecified atom stereocenters. The van der Waals surface area contributed by atoms with E-state index in [0.717, 1.165) is 23.3 Å². The average Bonchev–Trinajstić information content (AvgIpc) is 3.42. The third-order valence-electron chi connectivity index (χ3n) is 8.82. The van der Waals surface area contributed by atoms with E-state index >= 15 is 0 Å². The normalized spacial score (nSPS) is 20.8. The molecule has 2 N–H and O–H groups in total. The average molecular weight is 605 g/mol. The first kappa shape index (κ1) is 29.4. The van der Waals surface area contributed by atoms with Gasteiger partial charge in [0.1, 0.15) is 0 Å². The van der Waals surface area contributed by atoms with Crippen molar-refractivity contribution >= 4 is 35.0 Å². The fourth-order valence-electron chi connectivity index (χ4n) is 6.28. The molecule has 0 saturated carbocycles. The molecule has 216 valence electrons. The molecule has 5 rings (SSSR count). The number of amides is 2. The summed E-state index contributed by atoms with van der Waals surface area (Å²) in [4.78, 5) is 29.7. The lowest BCUT2D eigenvalue weighted by molar-refractivity contribution is -0.125. The fourth-order valence-corrected chi connectivity index (χ4v) is 6.58. The summed E-state index contributed by atoms with van der Waals surface area (Å²) in [6, 6.07) is 16.5. The number of likely N-dealkylation sites (tertiary alicyclic amines) is 2. The van der Waals surface area contributed by atoms with Gasteiger partial charge in [0.15, 0.2) is 17.5 Å². The minimum Gasteiger partial charge on any atom is -0.369 e. The Kier molecular flexibility index (Phi) is 8.37. The van der Waals surface area contributed by atoms with Gasteiger partial charge in [-0.1, -0.05) is 59.6 Å². The second kappa shape index (κ2) is 11.7. The van der Waals surface area contributed by atoms with Gasteiger partial charge in [-0.2, -0.15) is 0 Å². The lowest BCUT2D eigenvalue weighted by Gasteiger charge is -2.41. The molecule has 2 heterocycles. The molecule has 0 radical (unpaired) electrons. The van der Waals surface area contributed by atoms with E-state index in [2.05, 4.69) is 4.90 Å². The smallest absolute Gasteiger partial charge is 0.254 e. The minimum atomic E-state index is -1.61. The summed E-state index contributed by atoms with van der Waals surface area (Å²) in [6.07, 6.45) is 2.44. The molecule has 10 heteroatoms. The highest BCUT2D eigenvalue weighted by molar-refractivity contribution is 6.42. The Morgan fingerprint density at radius 2 is 1.49 bits per heavy atom. The summed E-state index contributed by atoms with van der Waals surface area (Å²) in [6.45, 7) is 2.66. The first-order valence-corrected chi connectivity index (χ1v) is 14.3. The first-order valence-electron chi connectivity index (χ1n) is 13.5. The Labute approximate surface area is 247 Å². The van der Waals surface area contributed by atoms with E-state index in [1.54, 1.807) is 17.0 Å². The van der Waals surface area contributed by atoms with Crippen LogP contribution >= 0.6 is 23.2 Å². The number of rotatable bonds is 7. The van der Waals surface area contributed by atoms with Crippen molar-refractivity contribution in [1.29, 1.82) is 0 Å². The standard InChI is InChI=1S/C31H30Cl2F3N3O2/c32-23-7-6-22(18-24(23)33)30(9-15-39(19-30)28(40)20-16-25(34)27(36)26(35)17-20)8-12-38-13-10-31(11-14-38,29(37)41)21-4-2-1-3-5-21/h1-7,16-18H,8-15,19H2,(H2,37,41). The van der Waals surface area contributed by atoms with E-state index in [1.165, 1.54) is 0 Å². The molecule has 0 bridgehead atoms. The summed E-state index contributed by atoms with van der Waals surface area (Å²) in [5.74, 6) is -5.32. The largest absolute Gasteiger partial charge is 0.369 e. The monoisotopic (exact) mass is 603 g/mol. The van der Waals surface area contributed by atoms with Gasteiger partial charge in [0.05, 0.1) is 15.5 Å². The molecule has 0 spiro atoms. The maximum atomic E-state index is 13.9. The number of carbonyl (C=O) groups is 2. The number of nitrogens with zero attached hydrogens (tertiary/aromatic N) is 2. The molecule has 1 atom stereocenters. The van der Waals surface area contributed by atoms with Gasteiger partial charge in [-0.3, -0.25) is 9.59 Å². The molecule has 5 nitrogen and oxygen atoms in total. The van der Waals surface area contributed by atoms with Crippen LogP contribution in [0.2, 0.25) is 10.0 Å². The van der Waals surface area contributed by atoms with Gasteiger partial charge in [0.25, 0.3) is 5.91 Å². The van der Waals surface area contributed by atoms with E-state index < -0.39 is 34.2 Å². The molecular formula is C31H30Cl2F3N3O2. The number of carbonyl (C=O) groups excluding carboxylic acids is 2. The van der Waals surface area contributed by atoms with Crippen LogP contribution in [-0.4, -0.2) is 54.3 Å². The van der Waals surface area contributed by atoms with Crippen LogP contribution in [0.5, 0.6) is 0 Å². The third-order valence-corrected chi connectivity index (χ3v) is 9.56. The van der Waals surface area contributed by atoms with Gasteiger partial charge in [-0.05, 0) is 80.7 Å². The number of primary amides is 1. The van der Waals surface area contributed by atoms with Crippen molar-refractivity contribution in [3.8, 4) is 0 Å². The fraction of sp³-hybridized carbons (Fsp3) is 0.355. The van der Waals surface area contributed by atoms with E-state index in [4.69, 9.17) is 28.9 Å². The lowest BCUT2D eigenvalue weighted by Crippen LogP contribution is -2.50. The summed E-state index contributed by atoms with van der Waals surface area (Å²) in [7, 11) is 0. The summed E-state index contributed by atoms with van der Waals surface area (Å²) in [5, 5.41) is 0.802. The van der Waals surface area contributed by atoms with Gasteiger partial charge in [-0.25, -0.2) is 13.2 Å². The SMILES string of the molecule is NC(=O)C1(c2ccccc2)CCN(CCC2(c3ccc(Cl)c(Cl)c3)CCN(C(=O)c3cc(F)c(F)c(F)c3)C2)CC1. The maximum Gasteiger partial charge on any atom is 0.254 e. The number of benzene rings is 3. The molecule has 2 amide bonds. The van der Waals surface area contributed by atoms with Crippen LogP contribution < -0.4 is 5.73 Å². The number of halogens is 5. The van der Waals surface area contributed by atoms with Crippen LogP contribution in [0.25, 0.3) is 0 Å².